The van der Waals surface area contributed by atoms with E-state index in [2.05, 4.69) is 11.1 Å². The first-order valence-corrected chi connectivity index (χ1v) is 2.29. The van der Waals surface area contributed by atoms with Gasteiger partial charge in [0.15, 0.2) is 6.04 Å². The zero-order valence-corrected chi connectivity index (χ0v) is 4.92. The summed E-state index contributed by atoms with van der Waals surface area (Å²) in [7, 11) is 1.35. The molecule has 0 aliphatic rings. The van der Waals surface area contributed by atoms with E-state index in [1.54, 1.807) is 0 Å². The van der Waals surface area contributed by atoms with Crippen LogP contribution in [0.5, 0.6) is 0 Å². The smallest absolute Gasteiger partial charge is 0.330 e. The summed E-state index contributed by atoms with van der Waals surface area (Å²) in [5.41, 5.74) is 4.67. The summed E-state index contributed by atoms with van der Waals surface area (Å²) in [6.07, 6.45) is 0. The van der Waals surface area contributed by atoms with Crippen molar-refractivity contribution < 1.29 is 14.7 Å². The molecule has 0 aromatic heterocycles. The van der Waals surface area contributed by atoms with E-state index in [9.17, 15) is 9.59 Å². The molecule has 0 saturated heterocycles. The number of primary amides is 1. The molecule has 0 aromatic rings. The third-order valence-electron chi connectivity index (χ3n) is 0.820. The number of aliphatic carboxylic acids is 1. The van der Waals surface area contributed by atoms with Crippen LogP contribution in [-0.4, -0.2) is 30.1 Å². The van der Waals surface area contributed by atoms with Crippen molar-refractivity contribution in [1.29, 1.82) is 0 Å². The Morgan fingerprint density at radius 3 is 2.11 bits per heavy atom. The fraction of sp³-hybridized carbons (Fsp3) is 0.500. The number of hydrogen-bond acceptors (Lipinski definition) is 3. The lowest BCUT2D eigenvalue weighted by molar-refractivity contribution is -0.142. The third-order valence-corrected chi connectivity index (χ3v) is 0.820. The van der Waals surface area contributed by atoms with Gasteiger partial charge in [-0.1, -0.05) is 0 Å². The summed E-state index contributed by atoms with van der Waals surface area (Å²) < 4.78 is 0. The molecule has 0 heterocycles. The van der Waals surface area contributed by atoms with Crippen LogP contribution >= 0.6 is 0 Å². The normalized spacial score (nSPS) is 12.6. The van der Waals surface area contributed by atoms with Crippen molar-refractivity contribution >= 4 is 11.9 Å². The van der Waals surface area contributed by atoms with Crippen molar-refractivity contribution in [3.63, 3.8) is 0 Å². The minimum Gasteiger partial charge on any atom is -0.480 e. The van der Waals surface area contributed by atoms with Gasteiger partial charge < -0.3 is 10.8 Å². The van der Waals surface area contributed by atoms with Gasteiger partial charge in [0.1, 0.15) is 0 Å². The molecule has 0 rings (SSSR count). The van der Waals surface area contributed by atoms with Crippen molar-refractivity contribution in [2.24, 2.45) is 5.73 Å². The van der Waals surface area contributed by atoms with E-state index < -0.39 is 17.9 Å². The molecule has 0 aliphatic carbocycles. The van der Waals surface area contributed by atoms with Gasteiger partial charge in [0.2, 0.25) is 5.91 Å². The van der Waals surface area contributed by atoms with E-state index in [4.69, 9.17) is 5.11 Å². The molecule has 52 valence electrons. The molecular weight excluding hydrogens is 124 g/mol. The number of carboxylic acids is 1. The highest BCUT2D eigenvalue weighted by molar-refractivity contribution is 6.00. The summed E-state index contributed by atoms with van der Waals surface area (Å²) in [5.74, 6) is -2.14. The molecule has 5 heteroatoms. The summed E-state index contributed by atoms with van der Waals surface area (Å²) in [6.45, 7) is 0. The maximum atomic E-state index is 10.2. The average Bonchev–Trinajstić information content (AvgIpc) is 1.64. The lowest BCUT2D eigenvalue weighted by Gasteiger charge is -2.03. The van der Waals surface area contributed by atoms with Crippen molar-refractivity contribution in [3.8, 4) is 0 Å². The number of amides is 1. The van der Waals surface area contributed by atoms with Gasteiger partial charge >= 0.3 is 5.97 Å². The Morgan fingerprint density at radius 2 is 2.11 bits per heavy atom. The Kier molecular flexibility index (Phi) is 2.66. The molecule has 1 atom stereocenters. The molecule has 0 aliphatic heterocycles. The number of hydrogen-bond donors (Lipinski definition) is 3. The Labute approximate surface area is 51.8 Å². The zero-order chi connectivity index (χ0) is 7.44. The van der Waals surface area contributed by atoms with E-state index in [0.717, 1.165) is 0 Å². The van der Waals surface area contributed by atoms with Gasteiger partial charge in [-0.3, -0.25) is 10.1 Å². The quantitative estimate of drug-likeness (QED) is 0.393. The highest BCUT2D eigenvalue weighted by Crippen LogP contribution is 1.77. The second kappa shape index (κ2) is 3.03. The molecule has 1 amide bonds. The molecule has 4 N–H and O–H groups in total. The molecule has 0 bridgehead atoms. The second-order valence-electron chi connectivity index (χ2n) is 1.46. The zero-order valence-electron chi connectivity index (χ0n) is 4.92. The van der Waals surface area contributed by atoms with Crippen LogP contribution < -0.4 is 11.1 Å². The van der Waals surface area contributed by atoms with Crippen LogP contribution in [0.3, 0.4) is 0 Å². The number of carbonyl (C=O) groups is 2. The van der Waals surface area contributed by atoms with Gasteiger partial charge in [0, 0.05) is 0 Å². The lowest BCUT2D eigenvalue weighted by Crippen LogP contribution is -2.45. The fourth-order valence-corrected chi connectivity index (χ4v) is 0.387. The number of carbonyl (C=O) groups excluding carboxylic acids is 1. The summed E-state index contributed by atoms with van der Waals surface area (Å²) in [5, 5.41) is 10.4. The predicted molar refractivity (Wildman–Crippen MR) is 29.7 cm³/mol. The van der Waals surface area contributed by atoms with Crippen LogP contribution in [0.1, 0.15) is 0 Å². The highest BCUT2D eigenvalue weighted by Gasteiger charge is 2.20. The van der Waals surface area contributed by atoms with Gasteiger partial charge in [-0.15, -0.1) is 0 Å². The third kappa shape index (κ3) is 2.09. The molecule has 0 radical (unpaired) electrons. The minimum absolute atomic E-state index is 0.884. The monoisotopic (exact) mass is 132 g/mol. The number of carboxylic acid groups (broad SMARTS) is 1. The molecule has 1 unspecified atom stereocenters. The average molecular weight is 132 g/mol. The summed E-state index contributed by atoms with van der Waals surface area (Å²) in [4.78, 5) is 20.2. The number of rotatable bonds is 3. The van der Waals surface area contributed by atoms with Crippen LogP contribution in [-0.2, 0) is 9.59 Å². The van der Waals surface area contributed by atoms with Gasteiger partial charge in [0.25, 0.3) is 0 Å². The van der Waals surface area contributed by atoms with Crippen LogP contribution in [0.15, 0.2) is 0 Å². The Bertz CT molecular complexity index is 120. The molecule has 5 nitrogen and oxygen atoms in total. The molecule has 0 fully saturated rings. The van der Waals surface area contributed by atoms with Crippen LogP contribution in [0, 0.1) is 0 Å². The topological polar surface area (TPSA) is 92.4 Å². The molecule has 0 spiro atoms. The van der Waals surface area contributed by atoms with E-state index in [1.165, 1.54) is 7.05 Å². The fourth-order valence-electron chi connectivity index (χ4n) is 0.387. The van der Waals surface area contributed by atoms with E-state index in [1.807, 2.05) is 0 Å². The first-order chi connectivity index (χ1) is 4.09. The van der Waals surface area contributed by atoms with Crippen molar-refractivity contribution in [1.82, 2.24) is 5.32 Å². The summed E-state index contributed by atoms with van der Waals surface area (Å²) >= 11 is 0. The molecule has 0 saturated carbocycles. The van der Waals surface area contributed by atoms with Gasteiger partial charge in [-0.05, 0) is 7.05 Å². The van der Waals surface area contributed by atoms with Gasteiger partial charge in [-0.2, -0.15) is 0 Å². The lowest BCUT2D eigenvalue weighted by atomic mass is 10.3. The van der Waals surface area contributed by atoms with Crippen LogP contribution in [0.4, 0.5) is 0 Å². The van der Waals surface area contributed by atoms with E-state index in [0.29, 0.717) is 0 Å². The maximum Gasteiger partial charge on any atom is 0.330 e. The molecule has 9 heavy (non-hydrogen) atoms. The van der Waals surface area contributed by atoms with Crippen LogP contribution in [0.25, 0.3) is 0 Å². The van der Waals surface area contributed by atoms with Crippen molar-refractivity contribution in [3.05, 3.63) is 0 Å². The van der Waals surface area contributed by atoms with Crippen LogP contribution in [0.2, 0.25) is 0 Å². The standard InChI is InChI=1S/C4H8N2O3/c1-6-2(3(5)7)4(8)9/h2,6H,1H3,(H2,5,7)(H,8,9). The first-order valence-electron chi connectivity index (χ1n) is 2.29. The largest absolute Gasteiger partial charge is 0.480 e. The van der Waals surface area contributed by atoms with E-state index >= 15 is 0 Å². The Morgan fingerprint density at radius 1 is 1.67 bits per heavy atom. The summed E-state index contributed by atoms with van der Waals surface area (Å²) in [6, 6.07) is -1.27. The first kappa shape index (κ1) is 7.90. The van der Waals surface area contributed by atoms with E-state index in [-0.39, 0.29) is 0 Å². The molecule has 0 aromatic carbocycles. The number of likely N-dealkylation sites (N-methyl/N-ethyl adjacent to an activating group) is 1. The molecular formula is C4H8N2O3. The Hall–Kier alpha value is -1.10. The highest BCUT2D eigenvalue weighted by atomic mass is 16.4. The Balaban J connectivity index is 3.99. The minimum atomic E-state index is -1.27. The van der Waals surface area contributed by atoms with Crippen molar-refractivity contribution in [2.75, 3.05) is 7.05 Å². The van der Waals surface area contributed by atoms with Gasteiger partial charge in [-0.25, -0.2) is 4.79 Å². The maximum absolute atomic E-state index is 10.2. The van der Waals surface area contributed by atoms with Gasteiger partial charge in [0.05, 0.1) is 0 Å². The predicted octanol–water partition coefficient (Wildman–Crippen LogP) is -1.86. The number of nitrogens with two attached hydrogens (primary N) is 1. The van der Waals surface area contributed by atoms with Crippen molar-refractivity contribution in [2.45, 2.75) is 6.04 Å². The number of nitrogens with one attached hydrogen (secondary N) is 1. The second-order valence-corrected chi connectivity index (χ2v) is 1.46. The SMILES string of the molecule is CNC(C(N)=O)C(=O)O.